The Hall–Kier alpha value is -4.30. The SMILES string of the molecule is NC(=O)c1cccc2c(NCc3cccc(CC(=O)c4cccc(OCCO)c4)c3)ncnc12. The standard InChI is InChI=1S/C26H24N4O4/c27-25(33)21-8-3-9-22-24(21)29-16-30-26(22)28-15-18-5-1-4-17(12-18)13-23(32)19-6-2-7-20(14-19)34-11-10-31/h1-9,12,14,16,31H,10-11,13,15H2,(H2,27,33)(H,28,29,30). The summed E-state index contributed by atoms with van der Waals surface area (Å²) < 4.78 is 5.39. The van der Waals surface area contributed by atoms with Gasteiger partial charge < -0.3 is 20.9 Å². The Bertz CT molecular complexity index is 1340. The fourth-order valence-corrected chi connectivity index (χ4v) is 3.67. The molecule has 0 atom stereocenters. The van der Waals surface area contributed by atoms with Gasteiger partial charge in [-0.15, -0.1) is 0 Å². The lowest BCUT2D eigenvalue weighted by Gasteiger charge is -2.11. The summed E-state index contributed by atoms with van der Waals surface area (Å²) in [5.41, 5.74) is 8.71. The van der Waals surface area contributed by atoms with Crippen LogP contribution in [-0.4, -0.2) is 40.0 Å². The van der Waals surface area contributed by atoms with Gasteiger partial charge in [-0.3, -0.25) is 9.59 Å². The van der Waals surface area contributed by atoms with E-state index in [2.05, 4.69) is 15.3 Å². The van der Waals surface area contributed by atoms with Crippen LogP contribution < -0.4 is 15.8 Å². The van der Waals surface area contributed by atoms with Crippen LogP contribution >= 0.6 is 0 Å². The van der Waals surface area contributed by atoms with E-state index in [1.54, 1.807) is 36.4 Å². The van der Waals surface area contributed by atoms with Gasteiger partial charge in [-0.1, -0.05) is 42.5 Å². The Balaban J connectivity index is 1.46. The summed E-state index contributed by atoms with van der Waals surface area (Å²) in [4.78, 5) is 33.0. The number of hydrogen-bond donors (Lipinski definition) is 3. The number of anilines is 1. The number of nitrogens with one attached hydrogen (secondary N) is 1. The van der Waals surface area contributed by atoms with E-state index in [1.807, 2.05) is 30.3 Å². The van der Waals surface area contributed by atoms with Gasteiger partial charge in [0.15, 0.2) is 5.78 Å². The summed E-state index contributed by atoms with van der Waals surface area (Å²) >= 11 is 0. The van der Waals surface area contributed by atoms with Crippen LogP contribution in [0.15, 0.2) is 73.1 Å². The molecule has 0 bridgehead atoms. The molecule has 8 heteroatoms. The molecule has 4 aromatic rings. The molecule has 1 aromatic heterocycles. The lowest BCUT2D eigenvalue weighted by Crippen LogP contribution is -2.12. The largest absolute Gasteiger partial charge is 0.491 e. The number of carbonyl (C=O) groups excluding carboxylic acids is 2. The molecule has 0 spiro atoms. The minimum atomic E-state index is -0.543. The lowest BCUT2D eigenvalue weighted by molar-refractivity contribution is 0.0987. The molecule has 3 aromatic carbocycles. The summed E-state index contributed by atoms with van der Waals surface area (Å²) in [6, 6.07) is 19.9. The molecule has 0 unspecified atom stereocenters. The number of ketones is 1. The Morgan fingerprint density at radius 3 is 2.59 bits per heavy atom. The van der Waals surface area contributed by atoms with Gasteiger partial charge in [-0.25, -0.2) is 9.97 Å². The highest BCUT2D eigenvalue weighted by atomic mass is 16.5. The summed E-state index contributed by atoms with van der Waals surface area (Å²) in [6.45, 7) is 0.563. The van der Waals surface area contributed by atoms with E-state index in [-0.39, 0.29) is 25.4 Å². The normalized spacial score (nSPS) is 10.7. The zero-order chi connectivity index (χ0) is 23.9. The molecule has 172 valence electrons. The van der Waals surface area contributed by atoms with Crippen LogP contribution in [-0.2, 0) is 13.0 Å². The molecule has 1 amide bonds. The van der Waals surface area contributed by atoms with E-state index >= 15 is 0 Å². The van der Waals surface area contributed by atoms with Gasteiger partial charge in [-0.2, -0.15) is 0 Å². The van der Waals surface area contributed by atoms with Crippen LogP contribution in [0.5, 0.6) is 5.75 Å². The monoisotopic (exact) mass is 456 g/mol. The smallest absolute Gasteiger partial charge is 0.250 e. The van der Waals surface area contributed by atoms with Crippen molar-refractivity contribution in [1.82, 2.24) is 9.97 Å². The first-order valence-corrected chi connectivity index (χ1v) is 10.8. The van der Waals surface area contributed by atoms with Crippen molar-refractivity contribution in [3.8, 4) is 5.75 Å². The Kier molecular flexibility index (Phi) is 7.10. The first kappa shape index (κ1) is 22.9. The number of aliphatic hydroxyl groups excluding tert-OH is 1. The molecular weight excluding hydrogens is 432 g/mol. The number of nitrogens with zero attached hydrogens (tertiary/aromatic N) is 2. The van der Waals surface area contributed by atoms with Crippen molar-refractivity contribution >= 4 is 28.4 Å². The zero-order valence-corrected chi connectivity index (χ0v) is 18.4. The molecule has 0 saturated heterocycles. The zero-order valence-electron chi connectivity index (χ0n) is 18.4. The van der Waals surface area contributed by atoms with Crippen LogP contribution in [0.2, 0.25) is 0 Å². The molecule has 0 saturated carbocycles. The van der Waals surface area contributed by atoms with Gasteiger partial charge in [0.1, 0.15) is 24.5 Å². The van der Waals surface area contributed by atoms with Gasteiger partial charge in [0.25, 0.3) is 5.91 Å². The molecule has 0 radical (unpaired) electrons. The predicted molar refractivity (Wildman–Crippen MR) is 129 cm³/mol. The van der Waals surface area contributed by atoms with Gasteiger partial charge in [-0.05, 0) is 35.4 Å². The number of amides is 1. The molecule has 8 nitrogen and oxygen atoms in total. The topological polar surface area (TPSA) is 127 Å². The Morgan fingerprint density at radius 1 is 0.971 bits per heavy atom. The number of primary amides is 1. The third-order valence-electron chi connectivity index (χ3n) is 5.26. The number of aliphatic hydroxyl groups is 1. The molecule has 34 heavy (non-hydrogen) atoms. The third-order valence-corrected chi connectivity index (χ3v) is 5.26. The number of ether oxygens (including phenoxy) is 1. The second-order valence-electron chi connectivity index (χ2n) is 7.66. The van der Waals surface area contributed by atoms with E-state index in [0.29, 0.717) is 40.1 Å². The second-order valence-corrected chi connectivity index (χ2v) is 7.66. The van der Waals surface area contributed by atoms with Crippen molar-refractivity contribution in [2.45, 2.75) is 13.0 Å². The second kappa shape index (κ2) is 10.5. The number of fused-ring (bicyclic) bond motifs is 1. The Morgan fingerprint density at radius 2 is 1.76 bits per heavy atom. The molecule has 4 N–H and O–H groups in total. The van der Waals surface area contributed by atoms with Gasteiger partial charge in [0.2, 0.25) is 0 Å². The summed E-state index contributed by atoms with van der Waals surface area (Å²) in [5.74, 6) is 0.571. The maximum atomic E-state index is 12.8. The molecular formula is C26H24N4O4. The van der Waals surface area contributed by atoms with E-state index in [4.69, 9.17) is 15.6 Å². The first-order chi connectivity index (χ1) is 16.5. The van der Waals surface area contributed by atoms with E-state index in [0.717, 1.165) is 11.1 Å². The average molecular weight is 457 g/mol. The van der Waals surface area contributed by atoms with Crippen molar-refractivity contribution < 1.29 is 19.4 Å². The quantitative estimate of drug-likeness (QED) is 0.313. The highest BCUT2D eigenvalue weighted by molar-refractivity contribution is 6.06. The molecule has 4 rings (SSSR count). The summed E-state index contributed by atoms with van der Waals surface area (Å²) in [5, 5.41) is 12.9. The fraction of sp³-hybridized carbons (Fsp3) is 0.154. The van der Waals surface area contributed by atoms with Crippen molar-refractivity contribution in [1.29, 1.82) is 0 Å². The van der Waals surface area contributed by atoms with Crippen LogP contribution in [0.1, 0.15) is 31.8 Å². The number of aromatic nitrogens is 2. The maximum Gasteiger partial charge on any atom is 0.250 e. The highest BCUT2D eigenvalue weighted by Crippen LogP contribution is 2.23. The van der Waals surface area contributed by atoms with Crippen LogP contribution in [0.3, 0.4) is 0 Å². The number of rotatable bonds is 10. The lowest BCUT2D eigenvalue weighted by atomic mass is 10.0. The summed E-state index contributed by atoms with van der Waals surface area (Å²) in [6.07, 6.45) is 1.64. The van der Waals surface area contributed by atoms with Gasteiger partial charge in [0.05, 0.1) is 17.7 Å². The number of Topliss-reactive ketones (excluding diaryl/α,β-unsaturated/α-hetero) is 1. The number of benzene rings is 3. The molecule has 1 heterocycles. The van der Waals surface area contributed by atoms with Crippen molar-refractivity contribution in [3.63, 3.8) is 0 Å². The number of hydrogen-bond acceptors (Lipinski definition) is 7. The van der Waals surface area contributed by atoms with E-state index < -0.39 is 5.91 Å². The molecule has 0 fully saturated rings. The average Bonchev–Trinajstić information content (AvgIpc) is 2.86. The molecule has 0 aliphatic heterocycles. The summed E-state index contributed by atoms with van der Waals surface area (Å²) in [7, 11) is 0. The molecule has 0 aliphatic carbocycles. The fourth-order valence-electron chi connectivity index (χ4n) is 3.67. The number of para-hydroxylation sites is 1. The van der Waals surface area contributed by atoms with E-state index in [9.17, 15) is 9.59 Å². The van der Waals surface area contributed by atoms with Crippen LogP contribution in [0.4, 0.5) is 5.82 Å². The van der Waals surface area contributed by atoms with Crippen LogP contribution in [0.25, 0.3) is 10.9 Å². The van der Waals surface area contributed by atoms with Crippen molar-refractivity contribution in [3.05, 3.63) is 95.3 Å². The highest BCUT2D eigenvalue weighted by Gasteiger charge is 2.12. The number of nitrogens with two attached hydrogens (primary N) is 1. The minimum Gasteiger partial charge on any atom is -0.491 e. The number of carbonyl (C=O) groups is 2. The van der Waals surface area contributed by atoms with Gasteiger partial charge in [0, 0.05) is 23.9 Å². The molecule has 0 aliphatic rings. The first-order valence-electron chi connectivity index (χ1n) is 10.8. The minimum absolute atomic E-state index is 0.0275. The van der Waals surface area contributed by atoms with Gasteiger partial charge >= 0.3 is 0 Å². The van der Waals surface area contributed by atoms with Crippen LogP contribution in [0, 0.1) is 0 Å². The predicted octanol–water partition coefficient (Wildman–Crippen LogP) is 3.14. The maximum absolute atomic E-state index is 12.8. The van der Waals surface area contributed by atoms with E-state index in [1.165, 1.54) is 6.33 Å². The third kappa shape index (κ3) is 5.36. The van der Waals surface area contributed by atoms with Crippen molar-refractivity contribution in [2.24, 2.45) is 5.73 Å². The Labute approximate surface area is 196 Å². The van der Waals surface area contributed by atoms with Crippen molar-refractivity contribution in [2.75, 3.05) is 18.5 Å².